The number of carbonyl (C=O) groups is 4. The van der Waals surface area contributed by atoms with Gasteiger partial charge in [-0.25, -0.2) is 13.8 Å². The first kappa shape index (κ1) is 35.2. The number of rotatable bonds is 10. The Kier molecular flexibility index (Phi) is 10.4. The number of hydrogen-bond donors (Lipinski definition) is 2. The van der Waals surface area contributed by atoms with Gasteiger partial charge in [0.15, 0.2) is 5.76 Å². The van der Waals surface area contributed by atoms with Gasteiger partial charge >= 0.3 is 0 Å². The third-order valence-electron chi connectivity index (χ3n) is 9.70. The molecule has 2 aliphatic heterocycles. The van der Waals surface area contributed by atoms with Crippen LogP contribution in [0.15, 0.2) is 108 Å². The van der Waals surface area contributed by atoms with Crippen molar-refractivity contribution in [2.24, 2.45) is 0 Å². The molecule has 0 unspecified atom stereocenters. The van der Waals surface area contributed by atoms with Gasteiger partial charge in [0.25, 0.3) is 11.8 Å². The monoisotopic (exact) mass is 717 g/mol. The van der Waals surface area contributed by atoms with Gasteiger partial charge in [-0.1, -0.05) is 24.3 Å². The molecule has 2 atom stereocenters. The number of nitrogens with one attached hydrogen (secondary N) is 2. The van der Waals surface area contributed by atoms with Crippen molar-refractivity contribution in [1.82, 2.24) is 14.8 Å². The van der Waals surface area contributed by atoms with Crippen molar-refractivity contribution >= 4 is 35.0 Å². The van der Waals surface area contributed by atoms with Crippen LogP contribution in [0.5, 0.6) is 0 Å². The maximum Gasteiger partial charge on any atom is 0.257 e. The maximum atomic E-state index is 14.2. The van der Waals surface area contributed by atoms with E-state index >= 15 is 0 Å². The van der Waals surface area contributed by atoms with E-state index in [0.29, 0.717) is 54.5 Å². The van der Waals surface area contributed by atoms with Crippen molar-refractivity contribution in [2.45, 2.75) is 50.6 Å². The highest BCUT2D eigenvalue weighted by molar-refractivity contribution is 5.97. The van der Waals surface area contributed by atoms with E-state index in [-0.39, 0.29) is 47.9 Å². The summed E-state index contributed by atoms with van der Waals surface area (Å²) in [4.78, 5) is 59.3. The van der Waals surface area contributed by atoms with Gasteiger partial charge in [-0.05, 0) is 98.5 Å². The summed E-state index contributed by atoms with van der Waals surface area (Å²) in [7, 11) is 0. The van der Waals surface area contributed by atoms with Gasteiger partial charge in [-0.2, -0.15) is 0 Å². The molecule has 1 aromatic heterocycles. The first-order valence-electron chi connectivity index (χ1n) is 17.6. The highest BCUT2D eigenvalue weighted by Crippen LogP contribution is 2.29. The quantitative estimate of drug-likeness (QED) is 0.154. The van der Waals surface area contributed by atoms with Crippen LogP contribution in [0.4, 0.5) is 20.2 Å². The van der Waals surface area contributed by atoms with E-state index in [0.717, 1.165) is 18.4 Å². The van der Waals surface area contributed by atoms with Gasteiger partial charge in [0.1, 0.15) is 11.6 Å². The zero-order valence-electron chi connectivity index (χ0n) is 28.8. The number of hydrogen-bond acceptors (Lipinski definition) is 6. The van der Waals surface area contributed by atoms with E-state index in [1.165, 1.54) is 36.4 Å². The van der Waals surface area contributed by atoms with Crippen molar-refractivity contribution in [3.8, 4) is 22.8 Å². The highest BCUT2D eigenvalue weighted by atomic mass is 19.1. The van der Waals surface area contributed by atoms with Gasteiger partial charge in [-0.3, -0.25) is 19.2 Å². The predicted octanol–water partition coefficient (Wildman–Crippen LogP) is 7.55. The molecule has 2 saturated heterocycles. The summed E-state index contributed by atoms with van der Waals surface area (Å²) in [6.07, 6.45) is 4.64. The van der Waals surface area contributed by atoms with Gasteiger partial charge in [0.2, 0.25) is 17.7 Å². The lowest BCUT2D eigenvalue weighted by atomic mass is 10.1. The van der Waals surface area contributed by atoms with Crippen molar-refractivity contribution in [3.05, 3.63) is 126 Å². The number of oxazole rings is 1. The summed E-state index contributed by atoms with van der Waals surface area (Å²) in [6.45, 7) is 0.951. The molecule has 4 amide bonds. The molecular formula is C41H37F2N5O5. The smallest absolute Gasteiger partial charge is 0.257 e. The summed E-state index contributed by atoms with van der Waals surface area (Å²) < 4.78 is 34.5. The normalized spacial score (nSPS) is 16.8. The van der Waals surface area contributed by atoms with Gasteiger partial charge in [0, 0.05) is 60.5 Å². The van der Waals surface area contributed by atoms with Gasteiger partial charge in [-0.15, -0.1) is 0 Å². The molecule has 12 heteroatoms. The molecule has 10 nitrogen and oxygen atoms in total. The second-order valence-electron chi connectivity index (χ2n) is 13.2. The van der Waals surface area contributed by atoms with Gasteiger partial charge in [0.05, 0.1) is 17.3 Å². The molecule has 3 heterocycles. The fourth-order valence-electron chi connectivity index (χ4n) is 7.02. The van der Waals surface area contributed by atoms with Crippen LogP contribution >= 0.6 is 0 Å². The molecule has 0 radical (unpaired) electrons. The molecular weight excluding hydrogens is 680 g/mol. The van der Waals surface area contributed by atoms with E-state index in [4.69, 9.17) is 4.42 Å². The minimum Gasteiger partial charge on any atom is -0.436 e. The highest BCUT2D eigenvalue weighted by Gasteiger charge is 2.33. The Labute approximate surface area is 304 Å². The number of amides is 4. The largest absolute Gasteiger partial charge is 0.436 e. The number of benzene rings is 4. The van der Waals surface area contributed by atoms with Crippen molar-refractivity contribution in [2.75, 3.05) is 23.7 Å². The van der Waals surface area contributed by atoms with Crippen LogP contribution in [0.25, 0.3) is 22.8 Å². The van der Waals surface area contributed by atoms with E-state index in [9.17, 15) is 28.0 Å². The molecule has 0 aliphatic carbocycles. The SMILES string of the molecule is O=C(C[C@@H]1CCCN1C(=O)c1ccccc1F)Nc1ccc(-c2cnc(-c3ccc(NC(=O)C[C@@H]4CCCN4C(=O)c4ccccc4F)cc3)o2)cc1. The van der Waals surface area contributed by atoms with E-state index in [1.54, 1.807) is 76.7 Å². The van der Waals surface area contributed by atoms with Crippen LogP contribution < -0.4 is 10.6 Å². The summed E-state index contributed by atoms with van der Waals surface area (Å²) in [6, 6.07) is 25.3. The Hall–Kier alpha value is -6.17. The molecule has 0 saturated carbocycles. The standard InChI is InChI=1S/C41H37F2N5O5/c42-34-11-3-1-9-32(34)40(51)47-21-5-7-30(47)23-37(49)45-28-17-13-26(14-18-28)36-25-44-39(53-36)27-15-19-29(20-16-27)46-38(50)24-31-8-6-22-48(31)41(52)33-10-2-4-12-35(33)43/h1-4,9-20,25,30-31H,5-8,21-24H2,(H,45,49)(H,46,50)/t30-,31-/m0/s1. The number of carbonyl (C=O) groups excluding carboxylic acids is 4. The van der Waals surface area contributed by atoms with E-state index in [1.807, 2.05) is 0 Å². The maximum absolute atomic E-state index is 14.2. The Morgan fingerprint density at radius 2 is 1.09 bits per heavy atom. The number of anilines is 2. The second kappa shape index (κ2) is 15.6. The molecule has 2 N–H and O–H groups in total. The second-order valence-corrected chi connectivity index (χ2v) is 13.2. The molecule has 2 aliphatic rings. The lowest BCUT2D eigenvalue weighted by molar-refractivity contribution is -0.117. The van der Waals surface area contributed by atoms with Crippen LogP contribution in [0.1, 0.15) is 59.2 Å². The molecule has 2 fully saturated rings. The topological polar surface area (TPSA) is 125 Å². The van der Waals surface area contributed by atoms with Crippen molar-refractivity contribution in [1.29, 1.82) is 0 Å². The molecule has 5 aromatic rings. The molecule has 270 valence electrons. The van der Waals surface area contributed by atoms with E-state index < -0.39 is 23.4 Å². The fourth-order valence-corrected chi connectivity index (χ4v) is 7.02. The van der Waals surface area contributed by atoms with E-state index in [2.05, 4.69) is 15.6 Å². The zero-order chi connectivity index (χ0) is 36.9. The average Bonchev–Trinajstić information content (AvgIpc) is 3.94. The van der Waals surface area contributed by atoms with Crippen LogP contribution in [0.3, 0.4) is 0 Å². The first-order valence-corrected chi connectivity index (χ1v) is 17.6. The van der Waals surface area contributed by atoms with Crippen molar-refractivity contribution < 1.29 is 32.4 Å². The summed E-state index contributed by atoms with van der Waals surface area (Å²) >= 11 is 0. The summed E-state index contributed by atoms with van der Waals surface area (Å²) in [5, 5.41) is 5.77. The van der Waals surface area contributed by atoms with Crippen LogP contribution in [-0.4, -0.2) is 63.6 Å². The predicted molar refractivity (Wildman–Crippen MR) is 195 cm³/mol. The lowest BCUT2D eigenvalue weighted by Gasteiger charge is -2.24. The van der Waals surface area contributed by atoms with Crippen LogP contribution in [0, 0.1) is 11.6 Å². The Morgan fingerprint density at radius 3 is 1.57 bits per heavy atom. The number of nitrogens with zero attached hydrogens (tertiary/aromatic N) is 3. The third kappa shape index (κ3) is 8.01. The van der Waals surface area contributed by atoms with Crippen molar-refractivity contribution in [3.63, 3.8) is 0 Å². The zero-order valence-corrected chi connectivity index (χ0v) is 28.8. The Bertz CT molecular complexity index is 1990. The minimum absolute atomic E-state index is 0.00812. The van der Waals surface area contributed by atoms with Crippen LogP contribution in [0.2, 0.25) is 0 Å². The number of aromatic nitrogens is 1. The van der Waals surface area contributed by atoms with Gasteiger partial charge < -0.3 is 24.9 Å². The molecule has 0 spiro atoms. The minimum atomic E-state index is -0.575. The molecule has 0 bridgehead atoms. The number of likely N-dealkylation sites (tertiary alicyclic amines) is 2. The van der Waals surface area contributed by atoms with Crippen LogP contribution in [-0.2, 0) is 9.59 Å². The average molecular weight is 718 g/mol. The first-order chi connectivity index (χ1) is 25.7. The summed E-state index contributed by atoms with van der Waals surface area (Å²) in [5.41, 5.74) is 2.62. The molecule has 4 aromatic carbocycles. The third-order valence-corrected chi connectivity index (χ3v) is 9.70. The Balaban J connectivity index is 0.909. The number of halogens is 2. The fraction of sp³-hybridized carbons (Fsp3) is 0.244. The Morgan fingerprint density at radius 1 is 0.642 bits per heavy atom. The lowest BCUT2D eigenvalue weighted by Crippen LogP contribution is -2.38. The molecule has 7 rings (SSSR count). The molecule has 53 heavy (non-hydrogen) atoms. The summed E-state index contributed by atoms with van der Waals surface area (Å²) in [5.74, 6) is -1.54.